The largest absolute Gasteiger partial charge is 0.450 e. The van der Waals surface area contributed by atoms with Crippen LogP contribution in [0.3, 0.4) is 0 Å². The van der Waals surface area contributed by atoms with E-state index < -0.39 is 12.0 Å². The summed E-state index contributed by atoms with van der Waals surface area (Å²) in [6.07, 6.45) is -1.39. The van der Waals surface area contributed by atoms with Crippen molar-refractivity contribution in [3.63, 3.8) is 0 Å². The van der Waals surface area contributed by atoms with Crippen LogP contribution in [-0.4, -0.2) is 48.9 Å². The molecular formula is C38H55F3N4O2. The van der Waals surface area contributed by atoms with E-state index in [1.54, 1.807) is 31.2 Å². The number of ketones is 2. The second-order valence-corrected chi connectivity index (χ2v) is 10.6. The van der Waals surface area contributed by atoms with Crippen molar-refractivity contribution in [2.75, 3.05) is 13.6 Å². The molecule has 0 aliphatic heterocycles. The molecule has 0 saturated carbocycles. The average Bonchev–Trinajstić information content (AvgIpc) is 3.00. The molecule has 0 fully saturated rings. The maximum Gasteiger partial charge on any atom is 0.450 e. The van der Waals surface area contributed by atoms with Gasteiger partial charge in [-0.1, -0.05) is 78.8 Å². The number of alkyl halides is 3. The van der Waals surface area contributed by atoms with Crippen molar-refractivity contribution in [3.8, 4) is 6.07 Å². The number of Topliss-reactive ketones (excluding diaryl/α,β-unsaturated/α-hetero) is 2. The molecule has 0 atom stereocenters. The zero-order chi connectivity index (χ0) is 37.5. The number of aryl methyl sites for hydroxylation is 2. The Hall–Kier alpha value is -4.32. The highest BCUT2D eigenvalue weighted by atomic mass is 19.4. The van der Waals surface area contributed by atoms with Crippen LogP contribution >= 0.6 is 0 Å². The molecule has 0 aliphatic rings. The first-order valence-electron chi connectivity index (χ1n) is 15.6. The summed E-state index contributed by atoms with van der Waals surface area (Å²) in [6, 6.07) is 12.9. The molecule has 2 rings (SSSR count). The fourth-order valence-electron chi connectivity index (χ4n) is 3.50. The summed E-state index contributed by atoms with van der Waals surface area (Å²) in [5.41, 5.74) is 5.85. The molecule has 0 bridgehead atoms. The van der Waals surface area contributed by atoms with Gasteiger partial charge in [0.2, 0.25) is 5.84 Å². The van der Waals surface area contributed by atoms with Gasteiger partial charge in [-0.2, -0.15) is 23.5 Å². The van der Waals surface area contributed by atoms with Gasteiger partial charge in [-0.3, -0.25) is 14.6 Å². The maximum absolute atomic E-state index is 13.1. The van der Waals surface area contributed by atoms with Crippen molar-refractivity contribution in [2.24, 2.45) is 16.0 Å². The number of carbonyl (C=O) groups is 2. The average molecular weight is 657 g/mol. The monoisotopic (exact) mass is 656 g/mol. The Morgan fingerprint density at radius 2 is 1.49 bits per heavy atom. The summed E-state index contributed by atoms with van der Waals surface area (Å²) in [7, 11) is 1.04. The van der Waals surface area contributed by atoms with Gasteiger partial charge in [0, 0.05) is 19.3 Å². The normalized spacial score (nSPS) is 11.1. The summed E-state index contributed by atoms with van der Waals surface area (Å²) in [5.74, 6) is -0.478. The summed E-state index contributed by atoms with van der Waals surface area (Å²) in [6.45, 7) is 27.7. The van der Waals surface area contributed by atoms with Gasteiger partial charge in [0.15, 0.2) is 11.6 Å². The molecule has 9 heteroatoms. The molecule has 0 amide bonds. The Kier molecular flexibility index (Phi) is 24.9. The van der Waals surface area contributed by atoms with Crippen LogP contribution in [-0.2, 0) is 4.79 Å². The van der Waals surface area contributed by atoms with Crippen molar-refractivity contribution in [1.82, 2.24) is 5.01 Å². The summed E-state index contributed by atoms with van der Waals surface area (Å²) in [5, 5.41) is 12.8. The SMILES string of the molecule is C=NN(CC(=C/c1ccccc1C)/C=C(\C)C(C)=O)C(=NC)C(F)(F)F.CC.CC.CC(=O)c1cc(C#N)cc(C)c1C.CC(C)C. The van der Waals surface area contributed by atoms with Crippen LogP contribution in [0.1, 0.15) is 107 Å². The number of hydrogen-bond acceptors (Lipinski definition) is 5. The van der Waals surface area contributed by atoms with E-state index in [0.717, 1.165) is 35.2 Å². The van der Waals surface area contributed by atoms with Crippen LogP contribution in [0.15, 0.2) is 63.7 Å². The molecule has 0 saturated heterocycles. The third-order valence-electron chi connectivity index (χ3n) is 5.88. The molecule has 0 aliphatic carbocycles. The number of carbonyl (C=O) groups excluding carboxylic acids is 2. The molecule has 0 unspecified atom stereocenters. The van der Waals surface area contributed by atoms with Crippen molar-refractivity contribution >= 4 is 30.2 Å². The molecule has 0 aromatic heterocycles. The van der Waals surface area contributed by atoms with E-state index in [-0.39, 0.29) is 18.1 Å². The molecule has 2 aromatic rings. The number of hydrogen-bond donors (Lipinski definition) is 0. The van der Waals surface area contributed by atoms with Crippen LogP contribution < -0.4 is 0 Å². The van der Waals surface area contributed by atoms with Crippen molar-refractivity contribution in [1.29, 1.82) is 5.26 Å². The molecular weight excluding hydrogens is 601 g/mol. The number of nitrogens with zero attached hydrogens (tertiary/aromatic N) is 4. The number of rotatable bonds is 7. The summed E-state index contributed by atoms with van der Waals surface area (Å²) >= 11 is 0. The fraction of sp³-hybridized carbons (Fsp3) is 0.447. The smallest absolute Gasteiger partial charge is 0.295 e. The summed E-state index contributed by atoms with van der Waals surface area (Å²) < 4.78 is 39.4. The standard InChI is InChI=1S/C19H22F3N3O.C11H11NO.C4H10.2C2H6/c1-13-8-6-7-9-17(13)11-16(10-14(2)15(3)26)12-25(24-5)18(23-4)19(20,21)22;1-7-4-10(6-12)5-11(8(7)2)9(3)13;1-4(2)3;2*1-2/h6-11H,5,12H2,1-4H3;4-5H,1-3H3;4H,1-3H3;2*1-2H3/b14-10+,16-11+,23-18?;;;;. The predicted octanol–water partition coefficient (Wildman–Crippen LogP) is 10.5. The quantitative estimate of drug-likeness (QED) is 0.0741. The molecule has 47 heavy (non-hydrogen) atoms. The van der Waals surface area contributed by atoms with Crippen molar-refractivity contribution in [2.45, 2.75) is 96.2 Å². The second kappa shape index (κ2) is 24.9. The van der Waals surface area contributed by atoms with Gasteiger partial charge in [0.25, 0.3) is 0 Å². The fourth-order valence-corrected chi connectivity index (χ4v) is 3.50. The highest BCUT2D eigenvalue weighted by Crippen LogP contribution is 2.23. The van der Waals surface area contributed by atoms with Crippen LogP contribution in [0.25, 0.3) is 6.08 Å². The molecule has 0 N–H and O–H groups in total. The Bertz CT molecular complexity index is 1410. The minimum absolute atomic E-state index is 0.0118. The molecule has 0 spiro atoms. The first-order valence-corrected chi connectivity index (χ1v) is 15.6. The lowest BCUT2D eigenvalue weighted by Crippen LogP contribution is -2.38. The van der Waals surface area contributed by atoms with Gasteiger partial charge in [-0.15, -0.1) is 0 Å². The number of benzene rings is 2. The molecule has 260 valence electrons. The third-order valence-corrected chi connectivity index (χ3v) is 5.88. The number of amidine groups is 1. The topological polar surface area (TPSA) is 85.9 Å². The number of aliphatic imine (C=N–C) groups is 1. The lowest BCUT2D eigenvalue weighted by molar-refractivity contribution is -0.113. The van der Waals surface area contributed by atoms with E-state index in [0.29, 0.717) is 27.3 Å². The van der Waals surface area contributed by atoms with Gasteiger partial charge in [0.1, 0.15) is 0 Å². The van der Waals surface area contributed by atoms with E-state index in [9.17, 15) is 22.8 Å². The molecule has 0 heterocycles. The van der Waals surface area contributed by atoms with E-state index in [4.69, 9.17) is 5.26 Å². The lowest BCUT2D eigenvalue weighted by atomic mass is 9.98. The van der Waals surface area contributed by atoms with E-state index in [2.05, 4.69) is 37.6 Å². The number of hydrazone groups is 1. The van der Waals surface area contributed by atoms with Crippen LogP contribution in [0.2, 0.25) is 0 Å². The van der Waals surface area contributed by atoms with Gasteiger partial charge in [0.05, 0.1) is 18.2 Å². The van der Waals surface area contributed by atoms with E-state index in [1.165, 1.54) is 13.8 Å². The lowest BCUT2D eigenvalue weighted by Gasteiger charge is -2.22. The molecule has 2 aromatic carbocycles. The predicted molar refractivity (Wildman–Crippen MR) is 193 cm³/mol. The second-order valence-electron chi connectivity index (χ2n) is 10.6. The van der Waals surface area contributed by atoms with Gasteiger partial charge in [-0.25, -0.2) is 5.01 Å². The zero-order valence-corrected chi connectivity index (χ0v) is 30.8. The number of halogens is 3. The van der Waals surface area contributed by atoms with Crippen LogP contribution in [0, 0.1) is 38.0 Å². The first kappa shape index (κ1) is 47.1. The highest BCUT2D eigenvalue weighted by molar-refractivity contribution is 5.96. The Labute approximate surface area is 281 Å². The van der Waals surface area contributed by atoms with Crippen molar-refractivity contribution < 1.29 is 22.8 Å². The van der Waals surface area contributed by atoms with E-state index >= 15 is 0 Å². The maximum atomic E-state index is 13.1. The Morgan fingerprint density at radius 3 is 1.87 bits per heavy atom. The number of nitriles is 1. The zero-order valence-electron chi connectivity index (χ0n) is 30.8. The Morgan fingerprint density at radius 1 is 0.979 bits per heavy atom. The molecule has 6 nitrogen and oxygen atoms in total. The van der Waals surface area contributed by atoms with E-state index in [1.807, 2.05) is 78.8 Å². The first-order chi connectivity index (χ1) is 21.9. The van der Waals surface area contributed by atoms with Gasteiger partial charge in [-0.05, 0) is 99.1 Å². The van der Waals surface area contributed by atoms with Crippen LogP contribution in [0.5, 0.6) is 0 Å². The molecule has 0 radical (unpaired) electrons. The number of allylic oxidation sites excluding steroid dienone is 1. The Balaban J connectivity index is -0.000000763. The van der Waals surface area contributed by atoms with Gasteiger partial charge < -0.3 is 0 Å². The third kappa shape index (κ3) is 19.1. The summed E-state index contributed by atoms with van der Waals surface area (Å²) in [4.78, 5) is 26.0. The highest BCUT2D eigenvalue weighted by Gasteiger charge is 2.39. The minimum atomic E-state index is -4.66. The van der Waals surface area contributed by atoms with Gasteiger partial charge >= 0.3 is 6.18 Å². The van der Waals surface area contributed by atoms with Crippen molar-refractivity contribution in [3.05, 3.63) is 87.0 Å². The van der Waals surface area contributed by atoms with Crippen LogP contribution in [0.4, 0.5) is 13.2 Å². The minimum Gasteiger partial charge on any atom is -0.295 e.